The molecule has 2 aliphatic rings. The SMILES string of the molecule is O=C(NCCS(=O)(=O)N1CCN(C(=O)NC(C(=O)NC2Cc3ccc(F)c(C(=O)O)c3OB2O)c2cc(F)c(O)c(O)c2Cl)C1=O)c1nccs1. The van der Waals surface area contributed by atoms with Crippen molar-refractivity contribution in [3.05, 3.63) is 68.1 Å². The van der Waals surface area contributed by atoms with Crippen LogP contribution in [0.25, 0.3) is 0 Å². The monoisotopic (exact) mass is 772 g/mol. The predicted octanol–water partition coefficient (Wildman–Crippen LogP) is 0.572. The van der Waals surface area contributed by atoms with Gasteiger partial charge in [0.25, 0.3) is 5.91 Å². The number of hydrogen-bond donors (Lipinski definition) is 7. The summed E-state index contributed by atoms with van der Waals surface area (Å²) in [4.78, 5) is 67.9. The maximum atomic E-state index is 14.6. The van der Waals surface area contributed by atoms with Crippen molar-refractivity contribution < 1.29 is 66.2 Å². The van der Waals surface area contributed by atoms with Crippen molar-refractivity contribution >= 4 is 69.9 Å². The maximum absolute atomic E-state index is 14.6. The molecule has 2 atom stereocenters. The number of phenols is 2. The maximum Gasteiger partial charge on any atom is 0.547 e. The first-order valence-electron chi connectivity index (χ1n) is 14.4. The quantitative estimate of drug-likeness (QED) is 0.110. The third-order valence-electron chi connectivity index (χ3n) is 7.61. The van der Waals surface area contributed by atoms with Gasteiger partial charge in [-0.3, -0.25) is 9.59 Å². The second-order valence-corrected chi connectivity index (χ2v) is 14.1. The van der Waals surface area contributed by atoms with Crippen molar-refractivity contribution in [2.24, 2.45) is 0 Å². The Balaban J connectivity index is 1.34. The molecule has 3 heterocycles. The first kappa shape index (κ1) is 37.0. The van der Waals surface area contributed by atoms with Gasteiger partial charge in [-0.25, -0.2) is 45.8 Å². The van der Waals surface area contributed by atoms with Crippen molar-refractivity contribution in [3.63, 3.8) is 0 Å². The minimum Gasteiger partial charge on any atom is -0.534 e. The third-order valence-corrected chi connectivity index (χ3v) is 10.5. The zero-order valence-electron chi connectivity index (χ0n) is 25.5. The summed E-state index contributed by atoms with van der Waals surface area (Å²) < 4.78 is 60.1. The van der Waals surface area contributed by atoms with Gasteiger partial charge in [-0.05, 0) is 24.1 Å². The van der Waals surface area contributed by atoms with Crippen molar-refractivity contribution in [1.82, 2.24) is 30.1 Å². The number of hydrogen-bond acceptors (Lipinski definition) is 13. The highest BCUT2D eigenvalue weighted by Crippen LogP contribution is 2.41. The number of carbonyl (C=O) groups is 5. The highest BCUT2D eigenvalue weighted by molar-refractivity contribution is 7.89. The van der Waals surface area contributed by atoms with E-state index in [9.17, 15) is 61.5 Å². The first-order chi connectivity index (χ1) is 24.0. The molecule has 2 unspecified atom stereocenters. The number of nitrogens with one attached hydrogen (secondary N) is 3. The van der Waals surface area contributed by atoms with E-state index >= 15 is 0 Å². The van der Waals surface area contributed by atoms with Crippen molar-refractivity contribution in [2.45, 2.75) is 18.4 Å². The van der Waals surface area contributed by atoms with Crippen molar-refractivity contribution in [3.8, 4) is 17.2 Å². The number of carboxylic acids is 1. The largest absolute Gasteiger partial charge is 0.547 e. The number of amides is 6. The topological polar surface area (TPSA) is 265 Å². The van der Waals surface area contributed by atoms with Crippen LogP contribution in [-0.2, 0) is 21.2 Å². The molecule has 1 aromatic heterocycles. The number of carbonyl (C=O) groups excluding carboxylic acids is 4. The summed E-state index contributed by atoms with van der Waals surface area (Å²) in [5.74, 6) is -11.5. The van der Waals surface area contributed by atoms with Crippen LogP contribution >= 0.6 is 22.9 Å². The lowest BCUT2D eigenvalue weighted by Gasteiger charge is -2.31. The number of thiazole rings is 1. The number of urea groups is 2. The summed E-state index contributed by atoms with van der Waals surface area (Å²) in [5.41, 5.74) is -1.50. The van der Waals surface area contributed by atoms with E-state index in [2.05, 4.69) is 20.9 Å². The average molecular weight is 773 g/mol. The number of aromatic nitrogens is 1. The van der Waals surface area contributed by atoms with Crippen LogP contribution in [0.2, 0.25) is 5.02 Å². The number of benzene rings is 2. The zero-order valence-corrected chi connectivity index (χ0v) is 27.9. The van der Waals surface area contributed by atoms with Crippen LogP contribution in [0.5, 0.6) is 17.2 Å². The van der Waals surface area contributed by atoms with E-state index in [1.807, 2.05) is 0 Å². The molecule has 0 radical (unpaired) electrons. The van der Waals surface area contributed by atoms with Crippen LogP contribution in [0.3, 0.4) is 0 Å². The molecule has 2 aromatic carbocycles. The Hall–Kier alpha value is -5.26. The third kappa shape index (κ3) is 7.45. The Bertz CT molecular complexity index is 2040. The number of carboxylic acid groups (broad SMARTS) is 1. The van der Waals surface area contributed by atoms with Gasteiger partial charge in [-0.1, -0.05) is 17.7 Å². The molecule has 5 rings (SSSR count). The Labute approximate surface area is 294 Å². The minimum atomic E-state index is -4.40. The standard InChI is InChI=1S/C27H24BClF2N6O12S2/c29-17-12(10-14(31)19(38)20(17)39)18(22(40)34-15-9-11-1-2-13(30)16(25(42)43)21(11)49-28(15)46)35-26(44)36-5-6-37(27(36)45)51(47,48)8-4-32-23(41)24-33-3-7-50-24/h1-3,7,10,15,18,38-39,46H,4-6,8-9H2,(H,32,41)(H,34,40)(H,35,44)(H,42,43). The molecule has 0 aliphatic carbocycles. The predicted molar refractivity (Wildman–Crippen MR) is 171 cm³/mol. The second kappa shape index (κ2) is 14.5. The van der Waals surface area contributed by atoms with E-state index in [1.165, 1.54) is 11.6 Å². The number of halogens is 3. The molecule has 6 amide bonds. The van der Waals surface area contributed by atoms with Crippen LogP contribution in [0.1, 0.15) is 37.3 Å². The summed E-state index contributed by atoms with van der Waals surface area (Å²) >= 11 is 7.11. The lowest BCUT2D eigenvalue weighted by Crippen LogP contribution is -2.56. The highest BCUT2D eigenvalue weighted by atomic mass is 35.5. The Morgan fingerprint density at radius 3 is 2.55 bits per heavy atom. The van der Waals surface area contributed by atoms with Crippen molar-refractivity contribution in [1.29, 1.82) is 0 Å². The van der Waals surface area contributed by atoms with Gasteiger partial charge in [0.05, 0.1) is 29.8 Å². The molecule has 18 nitrogen and oxygen atoms in total. The van der Waals surface area contributed by atoms with E-state index in [4.69, 9.17) is 16.3 Å². The van der Waals surface area contributed by atoms with E-state index in [-0.39, 0.29) is 17.0 Å². The molecular formula is C27H24BClF2N6O12S2. The average Bonchev–Trinajstić information content (AvgIpc) is 3.75. The minimum absolute atomic E-state index is 0.0445. The van der Waals surface area contributed by atoms with Crippen LogP contribution in [0.4, 0.5) is 18.4 Å². The second-order valence-electron chi connectivity index (χ2n) is 10.8. The van der Waals surface area contributed by atoms with E-state index in [1.54, 1.807) is 0 Å². The molecule has 3 aromatic rings. The fourth-order valence-corrected chi connectivity index (χ4v) is 7.20. The van der Waals surface area contributed by atoms with Gasteiger partial charge in [0, 0.05) is 23.7 Å². The highest BCUT2D eigenvalue weighted by Gasteiger charge is 2.43. The number of aromatic hydroxyl groups is 2. The Kier molecular flexibility index (Phi) is 10.6. The number of sulfonamides is 1. The molecule has 1 saturated heterocycles. The molecule has 0 bridgehead atoms. The smallest absolute Gasteiger partial charge is 0.534 e. The van der Waals surface area contributed by atoms with Gasteiger partial charge in [0.15, 0.2) is 22.3 Å². The van der Waals surface area contributed by atoms with E-state index < -0.39 is 129 Å². The molecule has 7 N–H and O–H groups in total. The Morgan fingerprint density at radius 2 is 1.88 bits per heavy atom. The fourth-order valence-electron chi connectivity index (χ4n) is 5.12. The molecule has 2 aliphatic heterocycles. The number of rotatable bonds is 10. The molecule has 51 heavy (non-hydrogen) atoms. The van der Waals surface area contributed by atoms with Crippen LogP contribution in [-0.4, -0.2) is 111 Å². The van der Waals surface area contributed by atoms with Gasteiger partial charge >= 0.3 is 25.1 Å². The molecule has 24 heteroatoms. The summed E-state index contributed by atoms with van der Waals surface area (Å²) in [5, 5.41) is 47.4. The van der Waals surface area contributed by atoms with Gasteiger partial charge in [-0.2, -0.15) is 0 Å². The van der Waals surface area contributed by atoms with Crippen LogP contribution < -0.4 is 20.6 Å². The lowest BCUT2D eigenvalue weighted by molar-refractivity contribution is -0.123. The number of nitrogens with zero attached hydrogens (tertiary/aromatic N) is 3. The van der Waals surface area contributed by atoms with Crippen LogP contribution in [0.15, 0.2) is 29.8 Å². The van der Waals surface area contributed by atoms with E-state index in [0.29, 0.717) is 15.3 Å². The first-order valence-corrected chi connectivity index (χ1v) is 17.3. The van der Waals surface area contributed by atoms with E-state index in [0.717, 1.165) is 23.5 Å². The van der Waals surface area contributed by atoms with Crippen molar-refractivity contribution in [2.75, 3.05) is 25.4 Å². The van der Waals surface area contributed by atoms with Gasteiger partial charge < -0.3 is 40.9 Å². The number of fused-ring (bicyclic) bond motifs is 1. The molecule has 0 saturated carbocycles. The zero-order chi connectivity index (χ0) is 37.4. The fraction of sp³-hybridized carbons (Fsp3) is 0.259. The summed E-state index contributed by atoms with van der Waals surface area (Å²) in [6.45, 7) is -1.46. The molecule has 270 valence electrons. The van der Waals surface area contributed by atoms with Gasteiger partial charge in [0.1, 0.15) is 23.2 Å². The van der Waals surface area contributed by atoms with Gasteiger partial charge in [-0.15, -0.1) is 11.3 Å². The summed E-state index contributed by atoms with van der Waals surface area (Å²) in [7, 11) is -6.40. The van der Waals surface area contributed by atoms with Gasteiger partial charge in [0.2, 0.25) is 15.9 Å². The molecular weight excluding hydrogens is 749 g/mol. The number of aromatic carboxylic acids is 1. The normalized spacial score (nSPS) is 16.3. The summed E-state index contributed by atoms with van der Waals surface area (Å²) in [6, 6.07) is -2.41. The van der Waals surface area contributed by atoms with Crippen LogP contribution in [0, 0.1) is 11.6 Å². The molecule has 0 spiro atoms. The Morgan fingerprint density at radius 1 is 1.16 bits per heavy atom. The summed E-state index contributed by atoms with van der Waals surface area (Å²) in [6.07, 6.45) is 1.02. The lowest BCUT2D eigenvalue weighted by atomic mass is 9.72. The molecule has 1 fully saturated rings. The number of phenolic OH excluding ortho intramolecular Hbond substituents is 2. The number of imide groups is 1.